The van der Waals surface area contributed by atoms with Gasteiger partial charge in [0.15, 0.2) is 0 Å². The maximum absolute atomic E-state index is 11.4. The van der Waals surface area contributed by atoms with Gasteiger partial charge in [0.2, 0.25) is 11.8 Å². The number of carbonyl (C=O) groups excluding carboxylic acids is 3. The smallest absolute Gasteiger partial charge is 0.229 e. The number of hydrogen-bond donors (Lipinski definition) is 1. The Labute approximate surface area is 115 Å². The van der Waals surface area contributed by atoms with E-state index in [9.17, 15) is 14.4 Å². The van der Waals surface area contributed by atoms with Gasteiger partial charge in [-0.15, -0.1) is 0 Å². The van der Waals surface area contributed by atoms with E-state index in [-0.39, 0.29) is 25.2 Å². The molecule has 5 nitrogen and oxygen atoms in total. The molecule has 19 heavy (non-hydrogen) atoms. The average Bonchev–Trinajstić information content (AvgIpc) is 2.74. The van der Waals surface area contributed by atoms with Gasteiger partial charge in [-0.3, -0.25) is 14.5 Å². The Balaban J connectivity index is 0.00000103. The molecule has 1 saturated heterocycles. The normalized spacial score (nSPS) is 26.3. The van der Waals surface area contributed by atoms with Gasteiger partial charge in [0.25, 0.3) is 0 Å². The van der Waals surface area contributed by atoms with Crippen LogP contribution in [-0.4, -0.2) is 36.6 Å². The van der Waals surface area contributed by atoms with E-state index < -0.39 is 0 Å². The van der Waals surface area contributed by atoms with Crippen molar-refractivity contribution in [3.05, 3.63) is 0 Å². The van der Waals surface area contributed by atoms with E-state index in [1.54, 1.807) is 0 Å². The third-order valence-electron chi connectivity index (χ3n) is 3.68. The summed E-state index contributed by atoms with van der Waals surface area (Å²) in [7, 11) is 1.50. The fourth-order valence-corrected chi connectivity index (χ4v) is 2.59. The molecular formula is C14H26N2O3. The highest BCUT2D eigenvalue weighted by Crippen LogP contribution is 2.29. The van der Waals surface area contributed by atoms with Crippen LogP contribution in [0.25, 0.3) is 0 Å². The lowest BCUT2D eigenvalue weighted by molar-refractivity contribution is -0.139. The number of rotatable bonds is 3. The van der Waals surface area contributed by atoms with E-state index in [2.05, 4.69) is 5.73 Å². The largest absolute Gasteiger partial charge is 0.333 e. The second-order valence-corrected chi connectivity index (χ2v) is 4.81. The van der Waals surface area contributed by atoms with Crippen LogP contribution in [0, 0.1) is 11.8 Å². The highest BCUT2D eigenvalue weighted by atomic mass is 16.2. The van der Waals surface area contributed by atoms with Crippen molar-refractivity contribution in [2.75, 3.05) is 13.6 Å². The number of amides is 2. The first-order valence-corrected chi connectivity index (χ1v) is 6.57. The maximum Gasteiger partial charge on any atom is 0.229 e. The first-order valence-electron chi connectivity index (χ1n) is 6.57. The van der Waals surface area contributed by atoms with Gasteiger partial charge >= 0.3 is 0 Å². The molecule has 0 aromatic heterocycles. The highest BCUT2D eigenvalue weighted by molar-refractivity contribution is 6.01. The van der Waals surface area contributed by atoms with Crippen LogP contribution in [0.15, 0.2) is 0 Å². The van der Waals surface area contributed by atoms with Crippen molar-refractivity contribution in [1.82, 2.24) is 4.90 Å². The second kappa shape index (κ2) is 8.80. The molecule has 2 amide bonds. The molecule has 0 unspecified atom stereocenters. The molecule has 1 saturated carbocycles. The summed E-state index contributed by atoms with van der Waals surface area (Å²) in [4.78, 5) is 34.9. The SMILES string of the molecule is C.CN.O=CC1CCC(CN2C(=O)CCC2=O)CC1. The molecule has 0 atom stereocenters. The van der Waals surface area contributed by atoms with E-state index in [4.69, 9.17) is 0 Å². The van der Waals surface area contributed by atoms with Crippen molar-refractivity contribution >= 4 is 18.1 Å². The average molecular weight is 270 g/mol. The molecule has 0 aromatic rings. The van der Waals surface area contributed by atoms with Gasteiger partial charge in [-0.1, -0.05) is 7.43 Å². The fraction of sp³-hybridized carbons (Fsp3) is 0.786. The molecule has 0 bridgehead atoms. The topological polar surface area (TPSA) is 80.5 Å². The van der Waals surface area contributed by atoms with E-state index >= 15 is 0 Å². The molecule has 2 aliphatic rings. The lowest BCUT2D eigenvalue weighted by Gasteiger charge is -2.28. The van der Waals surface area contributed by atoms with Gasteiger partial charge in [-0.2, -0.15) is 0 Å². The fourth-order valence-electron chi connectivity index (χ4n) is 2.59. The van der Waals surface area contributed by atoms with E-state index in [1.165, 1.54) is 11.9 Å². The number of likely N-dealkylation sites (tertiary alicyclic amines) is 1. The Morgan fingerprint density at radius 1 is 1.11 bits per heavy atom. The lowest BCUT2D eigenvalue weighted by atomic mass is 9.82. The van der Waals surface area contributed by atoms with Gasteiger partial charge < -0.3 is 10.5 Å². The number of imide groups is 1. The zero-order valence-corrected chi connectivity index (χ0v) is 10.9. The first kappa shape index (κ1) is 17.8. The van der Waals surface area contributed by atoms with Crippen LogP contribution >= 0.6 is 0 Å². The molecule has 0 aromatic carbocycles. The number of nitrogens with zero attached hydrogens (tertiary/aromatic N) is 1. The van der Waals surface area contributed by atoms with Gasteiger partial charge in [0, 0.05) is 25.3 Å². The number of nitrogens with two attached hydrogens (primary N) is 1. The zero-order valence-electron chi connectivity index (χ0n) is 10.9. The molecule has 110 valence electrons. The summed E-state index contributed by atoms with van der Waals surface area (Å²) in [6.07, 6.45) is 5.52. The summed E-state index contributed by atoms with van der Waals surface area (Å²) in [5.41, 5.74) is 4.50. The Bertz CT molecular complexity index is 294. The summed E-state index contributed by atoms with van der Waals surface area (Å²) in [6.45, 7) is 0.573. The summed E-state index contributed by atoms with van der Waals surface area (Å²) >= 11 is 0. The van der Waals surface area contributed by atoms with Crippen molar-refractivity contribution in [3.8, 4) is 0 Å². The lowest BCUT2D eigenvalue weighted by Crippen LogP contribution is -2.35. The van der Waals surface area contributed by atoms with E-state index in [0.717, 1.165) is 32.0 Å². The third kappa shape index (κ3) is 4.74. The minimum absolute atomic E-state index is 0. The first-order chi connectivity index (χ1) is 8.70. The van der Waals surface area contributed by atoms with E-state index in [1.807, 2.05) is 0 Å². The standard InChI is InChI=1S/C12H17NO3.CH5N.CH4/c14-8-10-3-1-9(2-4-10)7-13-11(15)5-6-12(13)16;1-2;/h8-10H,1-7H2;2H2,1H3;1H4. The number of aldehydes is 1. The van der Waals surface area contributed by atoms with Gasteiger partial charge in [0.1, 0.15) is 6.29 Å². The van der Waals surface area contributed by atoms with Crippen molar-refractivity contribution in [3.63, 3.8) is 0 Å². The molecule has 2 N–H and O–H groups in total. The van der Waals surface area contributed by atoms with Crippen molar-refractivity contribution < 1.29 is 14.4 Å². The molecular weight excluding hydrogens is 244 g/mol. The monoisotopic (exact) mass is 270 g/mol. The molecule has 1 heterocycles. The molecule has 0 spiro atoms. The van der Waals surface area contributed by atoms with Crippen LogP contribution in [0.2, 0.25) is 0 Å². The van der Waals surface area contributed by atoms with Gasteiger partial charge in [0.05, 0.1) is 0 Å². The van der Waals surface area contributed by atoms with Crippen molar-refractivity contribution in [1.29, 1.82) is 0 Å². The van der Waals surface area contributed by atoms with Crippen LogP contribution in [0.1, 0.15) is 46.0 Å². The molecule has 2 fully saturated rings. The predicted octanol–water partition coefficient (Wildman–Crippen LogP) is 1.35. The van der Waals surface area contributed by atoms with Gasteiger partial charge in [-0.05, 0) is 38.6 Å². The number of carbonyl (C=O) groups is 3. The Morgan fingerprint density at radius 2 is 1.58 bits per heavy atom. The third-order valence-corrected chi connectivity index (χ3v) is 3.68. The molecule has 1 aliphatic carbocycles. The molecule has 0 radical (unpaired) electrons. The van der Waals surface area contributed by atoms with Crippen LogP contribution < -0.4 is 5.73 Å². The summed E-state index contributed by atoms with van der Waals surface area (Å²) < 4.78 is 0. The molecule has 5 heteroatoms. The Morgan fingerprint density at radius 3 is 2.00 bits per heavy atom. The minimum atomic E-state index is -0.0255. The Kier molecular flexibility index (Phi) is 8.23. The number of hydrogen-bond acceptors (Lipinski definition) is 4. The van der Waals surface area contributed by atoms with Gasteiger partial charge in [-0.25, -0.2) is 0 Å². The van der Waals surface area contributed by atoms with Crippen LogP contribution in [0.3, 0.4) is 0 Å². The summed E-state index contributed by atoms with van der Waals surface area (Å²) in [5.74, 6) is 0.549. The Hall–Kier alpha value is -1.23. The predicted molar refractivity (Wildman–Crippen MR) is 74.3 cm³/mol. The van der Waals surface area contributed by atoms with Crippen LogP contribution in [0.4, 0.5) is 0 Å². The van der Waals surface area contributed by atoms with Crippen molar-refractivity contribution in [2.24, 2.45) is 17.6 Å². The van der Waals surface area contributed by atoms with E-state index in [0.29, 0.717) is 25.3 Å². The molecule has 1 aliphatic heterocycles. The summed E-state index contributed by atoms with van der Waals surface area (Å²) in [5, 5.41) is 0. The molecule has 2 rings (SSSR count). The summed E-state index contributed by atoms with van der Waals surface area (Å²) in [6, 6.07) is 0. The van der Waals surface area contributed by atoms with Crippen molar-refractivity contribution in [2.45, 2.75) is 46.0 Å². The van der Waals surface area contributed by atoms with Crippen LogP contribution in [0.5, 0.6) is 0 Å². The minimum Gasteiger partial charge on any atom is -0.333 e. The van der Waals surface area contributed by atoms with Crippen LogP contribution in [-0.2, 0) is 14.4 Å². The highest BCUT2D eigenvalue weighted by Gasteiger charge is 2.32. The second-order valence-electron chi connectivity index (χ2n) is 4.81. The maximum atomic E-state index is 11.4. The zero-order chi connectivity index (χ0) is 13.5. The quantitative estimate of drug-likeness (QED) is 0.620.